The van der Waals surface area contributed by atoms with Gasteiger partial charge in [-0.2, -0.15) is 0 Å². The Morgan fingerprint density at radius 1 is 0.403 bits per heavy atom. The van der Waals surface area contributed by atoms with Gasteiger partial charge in [-0.3, -0.25) is 0 Å². The summed E-state index contributed by atoms with van der Waals surface area (Å²) < 4.78 is 70.9. The summed E-state index contributed by atoms with van der Waals surface area (Å²) in [6, 6.07) is 10.0. The molecule has 0 saturated heterocycles. The minimum Gasteiger partial charge on any atom is -0.439 e. The normalized spacial score (nSPS) is 15.2. The molecule has 364 valence electrons. The van der Waals surface area contributed by atoms with E-state index in [0.29, 0.717) is 18.7 Å². The zero-order valence-corrected chi connectivity index (χ0v) is 57.5. The van der Waals surface area contributed by atoms with Crippen molar-refractivity contribution in [3.63, 3.8) is 0 Å². The first-order chi connectivity index (χ1) is 27.1. The standard InChI is InChI=1S/C37H93NO11Si13/c1-50(2,3)41-53(10,11)44-56(16,17)47-59(22,23)62(35-31-34-38-37(39)40-36-32-29-28-30-33-36,60(24,25)48-57(18,19)45-54(12,13)42-51(4,5)6)61(26,27)49-58(20,21)46-55(14,15)43-52(7,8)9/h28-30,32-33H,31,34-35H2,1-27H3,(H,38,39). The molecule has 1 N–H and O–H groups in total. The van der Waals surface area contributed by atoms with Crippen molar-refractivity contribution in [2.75, 3.05) is 6.54 Å². The maximum Gasteiger partial charge on any atom is 0.412 e. The fraction of sp³-hybridized carbons (Fsp3) is 0.811. The number of hydrogen-bond donors (Lipinski definition) is 1. The van der Waals surface area contributed by atoms with Crippen LogP contribution in [-0.4, -0.2) is 119 Å². The van der Waals surface area contributed by atoms with Gasteiger partial charge in [0, 0.05) is 6.54 Å². The van der Waals surface area contributed by atoms with E-state index >= 15 is 0 Å². The molecule has 0 fully saturated rings. The van der Waals surface area contributed by atoms with E-state index in [-0.39, 0.29) is 0 Å². The molecule has 0 saturated carbocycles. The Morgan fingerprint density at radius 3 is 0.952 bits per heavy atom. The van der Waals surface area contributed by atoms with Crippen LogP contribution in [0.15, 0.2) is 30.3 Å². The highest BCUT2D eigenvalue weighted by Crippen LogP contribution is 2.46. The highest BCUT2D eigenvalue weighted by molar-refractivity contribution is 7.88. The van der Waals surface area contributed by atoms with Crippen molar-refractivity contribution in [3.8, 4) is 5.75 Å². The summed E-state index contributed by atoms with van der Waals surface area (Å²) in [4.78, 5) is 13.2. The minimum atomic E-state index is -2.95. The Bertz CT molecular complexity index is 1460. The summed E-state index contributed by atoms with van der Waals surface area (Å²) in [6.07, 6.45) is 0.238. The minimum absolute atomic E-state index is 0.434. The molecule has 12 nitrogen and oxygen atoms in total. The summed E-state index contributed by atoms with van der Waals surface area (Å²) in [5.41, 5.74) is 0. The highest BCUT2D eigenvalue weighted by Gasteiger charge is 2.73. The number of rotatable bonds is 26. The molecule has 1 aromatic rings. The van der Waals surface area contributed by atoms with E-state index in [1.165, 1.54) is 0 Å². The van der Waals surface area contributed by atoms with E-state index in [9.17, 15) is 4.79 Å². The third-order valence-electron chi connectivity index (χ3n) is 9.67. The molecule has 1 amide bonds. The van der Waals surface area contributed by atoms with Gasteiger partial charge in [-0.1, -0.05) is 24.2 Å². The summed E-state index contributed by atoms with van der Waals surface area (Å²) in [5, 5.41) is 3.08. The third kappa shape index (κ3) is 21.1. The largest absolute Gasteiger partial charge is 0.439 e. The molecule has 25 heteroatoms. The lowest BCUT2D eigenvalue weighted by Gasteiger charge is -2.61. The zero-order chi connectivity index (χ0) is 49.1. The van der Waals surface area contributed by atoms with E-state index in [1.807, 2.05) is 18.2 Å². The molecule has 0 heterocycles. The second-order valence-corrected chi connectivity index (χ2v) is 95.0. The molecule has 1 rings (SSSR count). The van der Waals surface area contributed by atoms with Crippen molar-refractivity contribution < 1.29 is 46.6 Å². The maximum absolute atomic E-state index is 13.2. The van der Waals surface area contributed by atoms with Crippen LogP contribution in [0.3, 0.4) is 0 Å². The number of amides is 1. The predicted octanol–water partition coefficient (Wildman–Crippen LogP) is 12.3. The van der Waals surface area contributed by atoms with Crippen LogP contribution in [0.25, 0.3) is 0 Å². The average Bonchev–Trinajstić information content (AvgIpc) is 2.88. The second-order valence-electron chi connectivity index (χ2n) is 23.8. The lowest BCUT2D eigenvalue weighted by molar-refractivity contribution is 0.200. The van der Waals surface area contributed by atoms with Crippen LogP contribution in [0.4, 0.5) is 4.79 Å². The zero-order valence-electron chi connectivity index (χ0n) is 44.5. The summed E-state index contributed by atoms with van der Waals surface area (Å²) in [5.74, 6) is 0.504. The second kappa shape index (κ2) is 21.3. The Hall–Kier alpha value is 0.949. The molecule has 0 aliphatic heterocycles. The Balaban J connectivity index is 4.14. The number of carbonyl (C=O) groups excluding carboxylic acids is 1. The SMILES string of the molecule is C[Si](C)(C)O[Si](C)(C)O[Si](C)(C)O[Si](C)(C)[Si](CCCNC(=O)Oc1ccccc1)([Si](C)(C)O[Si](C)(C)O[Si](C)(C)O[Si](C)(C)C)[Si](C)(C)O[Si](C)(C)O[Si](C)(C)O[Si](C)(C)C. The molecule has 0 unspecified atom stereocenters. The summed E-state index contributed by atoms with van der Waals surface area (Å²) >= 11 is 0. The fourth-order valence-corrected chi connectivity index (χ4v) is 148. The molecule has 0 bridgehead atoms. The first-order valence-electron chi connectivity index (χ1n) is 22.4. The number of benzene rings is 1. The topological polar surface area (TPSA) is 121 Å². The van der Waals surface area contributed by atoms with Gasteiger partial charge in [-0.25, -0.2) is 4.79 Å². The number of ether oxygens (including phenoxy) is 1. The first-order valence-corrected chi connectivity index (χ1v) is 63.5. The van der Waals surface area contributed by atoms with Gasteiger partial charge in [-0.05, 0) is 195 Å². The van der Waals surface area contributed by atoms with E-state index < -0.39 is 113 Å². The average molecular weight is 1090 g/mol. The number of para-hydroxylation sites is 1. The van der Waals surface area contributed by atoms with E-state index in [4.69, 9.17) is 41.8 Å². The third-order valence-corrected chi connectivity index (χ3v) is 110. The lowest BCUT2D eigenvalue weighted by Crippen LogP contribution is -2.89. The molecule has 0 aromatic heterocycles. The van der Waals surface area contributed by atoms with Crippen LogP contribution in [0, 0.1) is 0 Å². The van der Waals surface area contributed by atoms with Gasteiger partial charge in [0.25, 0.3) is 0 Å². The number of hydrogen-bond acceptors (Lipinski definition) is 11. The molecule has 62 heavy (non-hydrogen) atoms. The fourth-order valence-electron chi connectivity index (χ4n) is 10.5. The van der Waals surface area contributed by atoms with Gasteiger partial charge < -0.3 is 47.1 Å². The van der Waals surface area contributed by atoms with Crippen LogP contribution in [0.5, 0.6) is 5.75 Å². The first kappa shape index (κ1) is 61.0. The van der Waals surface area contributed by atoms with Gasteiger partial charge >= 0.3 is 57.5 Å². The van der Waals surface area contributed by atoms with Crippen LogP contribution < -0.4 is 10.1 Å². The smallest absolute Gasteiger partial charge is 0.412 e. The van der Waals surface area contributed by atoms with Gasteiger partial charge in [0.15, 0.2) is 48.5 Å². The van der Waals surface area contributed by atoms with Crippen molar-refractivity contribution in [1.29, 1.82) is 0 Å². The van der Waals surface area contributed by atoms with Gasteiger partial charge in [-0.15, -0.1) is 0 Å². The molecule has 0 aliphatic rings. The summed E-state index contributed by atoms with van der Waals surface area (Å²) in [6.45, 7) is 58.1. The number of carbonyl (C=O) groups is 1. The van der Waals surface area contributed by atoms with Crippen molar-refractivity contribution >= 4 is 113 Å². The predicted molar refractivity (Wildman–Crippen MR) is 293 cm³/mol. The maximum atomic E-state index is 13.2. The Labute approximate surface area is 393 Å². The Morgan fingerprint density at radius 2 is 0.677 bits per heavy atom. The highest BCUT2D eigenvalue weighted by atomic mass is 29.9. The molecule has 0 spiro atoms. The molecule has 0 radical (unpaired) electrons. The van der Waals surface area contributed by atoms with Gasteiger partial charge in [0.1, 0.15) is 12.4 Å². The van der Waals surface area contributed by atoms with Gasteiger partial charge in [0.2, 0.25) is 0 Å². The van der Waals surface area contributed by atoms with E-state index in [0.717, 1.165) is 6.04 Å². The van der Waals surface area contributed by atoms with Crippen LogP contribution in [-0.2, 0) is 37.0 Å². The van der Waals surface area contributed by atoms with Crippen molar-refractivity contribution in [1.82, 2.24) is 5.32 Å². The van der Waals surface area contributed by atoms with Crippen LogP contribution >= 0.6 is 0 Å². The van der Waals surface area contributed by atoms with Gasteiger partial charge in [0.05, 0.1) is 0 Å². The molecule has 0 atom stereocenters. The van der Waals surface area contributed by atoms with Crippen molar-refractivity contribution in [2.45, 2.75) is 189 Å². The lowest BCUT2D eigenvalue weighted by atomic mass is 10.3. The quantitative estimate of drug-likeness (QED) is 0.0705. The molecule has 1 aromatic carbocycles. The monoisotopic (exact) mass is 1090 g/mol. The van der Waals surface area contributed by atoms with E-state index in [2.05, 4.69) is 182 Å². The summed E-state index contributed by atoms with van der Waals surface area (Å²) in [7, 11) is -30.7. The molecule has 0 aliphatic carbocycles. The molecular weight excluding hydrogens is 1000 g/mol. The van der Waals surface area contributed by atoms with Crippen LogP contribution in [0.1, 0.15) is 6.42 Å². The Kier molecular flexibility index (Phi) is 20.9. The molecular formula is C37H93NO11Si13. The van der Waals surface area contributed by atoms with Crippen molar-refractivity contribution in [2.24, 2.45) is 0 Å². The van der Waals surface area contributed by atoms with Crippen molar-refractivity contribution in [3.05, 3.63) is 30.3 Å². The van der Waals surface area contributed by atoms with Crippen LogP contribution in [0.2, 0.25) is 183 Å². The number of nitrogens with one attached hydrogen (secondary N) is 1. The van der Waals surface area contributed by atoms with E-state index in [1.54, 1.807) is 12.1 Å².